The second-order valence-corrected chi connectivity index (χ2v) is 10.5. The SMILES string of the molecule is CCCCCc1ccc(C(F)(F)Oc2ccc(-c3ccc(-c4ccc(-c5ccc(C#N)c(F)c5)cc4)c(F)c3)cc2)c(F)c1. The van der Waals surface area contributed by atoms with Crippen molar-refractivity contribution >= 4 is 0 Å². The Balaban J connectivity index is 1.28. The van der Waals surface area contributed by atoms with Crippen LogP contribution in [-0.4, -0.2) is 0 Å². The minimum absolute atomic E-state index is 0.0401. The van der Waals surface area contributed by atoms with Crippen molar-refractivity contribution in [1.82, 2.24) is 0 Å². The molecule has 0 heterocycles. The van der Waals surface area contributed by atoms with Crippen LogP contribution in [-0.2, 0) is 12.5 Å². The lowest BCUT2D eigenvalue weighted by Gasteiger charge is -2.19. The summed E-state index contributed by atoms with van der Waals surface area (Å²) in [4.78, 5) is 0. The zero-order chi connectivity index (χ0) is 31.3. The zero-order valence-corrected chi connectivity index (χ0v) is 23.9. The lowest BCUT2D eigenvalue weighted by atomic mass is 9.97. The Labute approximate surface area is 253 Å². The summed E-state index contributed by atoms with van der Waals surface area (Å²) in [6, 6.07) is 27.1. The molecule has 5 aromatic carbocycles. The normalized spacial score (nSPS) is 11.3. The van der Waals surface area contributed by atoms with Gasteiger partial charge in [0.25, 0.3) is 0 Å². The smallest absolute Gasteiger partial charge is 0.429 e. The Morgan fingerprint density at radius 2 is 1.23 bits per heavy atom. The van der Waals surface area contributed by atoms with Crippen molar-refractivity contribution in [2.24, 2.45) is 0 Å². The van der Waals surface area contributed by atoms with Crippen molar-refractivity contribution in [2.45, 2.75) is 38.7 Å². The quantitative estimate of drug-likeness (QED) is 0.119. The number of hydrogen-bond acceptors (Lipinski definition) is 2. The molecule has 0 fully saturated rings. The van der Waals surface area contributed by atoms with Crippen molar-refractivity contribution in [1.29, 1.82) is 5.26 Å². The number of unbranched alkanes of at least 4 members (excludes halogenated alkanes) is 2. The third kappa shape index (κ3) is 6.81. The van der Waals surface area contributed by atoms with Crippen LogP contribution in [0.3, 0.4) is 0 Å². The molecule has 0 amide bonds. The number of alkyl halides is 2. The second kappa shape index (κ2) is 13.1. The van der Waals surface area contributed by atoms with Gasteiger partial charge in [0, 0.05) is 5.56 Å². The van der Waals surface area contributed by atoms with Gasteiger partial charge in [-0.25, -0.2) is 13.2 Å². The number of aryl methyl sites for hydroxylation is 1. The Morgan fingerprint density at radius 3 is 1.82 bits per heavy atom. The lowest BCUT2D eigenvalue weighted by molar-refractivity contribution is -0.187. The van der Waals surface area contributed by atoms with Crippen LogP contribution in [0.2, 0.25) is 0 Å². The second-order valence-electron chi connectivity index (χ2n) is 10.5. The van der Waals surface area contributed by atoms with Crippen LogP contribution >= 0.6 is 0 Å². The summed E-state index contributed by atoms with van der Waals surface area (Å²) < 4.78 is 78.3. The van der Waals surface area contributed by atoms with Crippen LogP contribution in [0.15, 0.2) is 103 Å². The van der Waals surface area contributed by atoms with Crippen molar-refractivity contribution in [3.63, 3.8) is 0 Å². The van der Waals surface area contributed by atoms with E-state index in [1.54, 1.807) is 48.5 Å². The van der Waals surface area contributed by atoms with E-state index in [1.165, 1.54) is 48.5 Å². The molecule has 44 heavy (non-hydrogen) atoms. The summed E-state index contributed by atoms with van der Waals surface area (Å²) in [7, 11) is 0. The molecule has 0 aliphatic rings. The number of ether oxygens (including phenoxy) is 1. The monoisotopic (exact) mass is 597 g/mol. The molecule has 0 bridgehead atoms. The maximum atomic E-state index is 15.2. The highest BCUT2D eigenvalue weighted by Gasteiger charge is 2.37. The summed E-state index contributed by atoms with van der Waals surface area (Å²) >= 11 is 0. The Kier molecular flexibility index (Phi) is 9.10. The molecule has 0 spiro atoms. The fourth-order valence-corrected chi connectivity index (χ4v) is 5.00. The minimum atomic E-state index is -3.88. The molecule has 0 saturated heterocycles. The van der Waals surface area contributed by atoms with Crippen molar-refractivity contribution in [3.8, 4) is 45.2 Å². The Hall–Kier alpha value is -4.96. The number of benzene rings is 5. The summed E-state index contributed by atoms with van der Waals surface area (Å²) in [6.07, 6.45) is -0.415. The van der Waals surface area contributed by atoms with Gasteiger partial charge in [0.2, 0.25) is 0 Å². The van der Waals surface area contributed by atoms with Gasteiger partial charge in [-0.15, -0.1) is 0 Å². The molecule has 2 nitrogen and oxygen atoms in total. The number of hydrogen-bond donors (Lipinski definition) is 0. The maximum Gasteiger partial charge on any atom is 0.429 e. The average molecular weight is 598 g/mol. The number of rotatable bonds is 10. The van der Waals surface area contributed by atoms with E-state index >= 15 is 4.39 Å². The first kappa shape index (κ1) is 30.5. The topological polar surface area (TPSA) is 33.0 Å². The van der Waals surface area contributed by atoms with Gasteiger partial charge in [0.15, 0.2) is 0 Å². The summed E-state index contributed by atoms with van der Waals surface area (Å²) in [5, 5.41) is 8.92. The van der Waals surface area contributed by atoms with Crippen molar-refractivity contribution in [2.75, 3.05) is 0 Å². The van der Waals surface area contributed by atoms with Crippen LogP contribution in [0.25, 0.3) is 33.4 Å². The van der Waals surface area contributed by atoms with Gasteiger partial charge in [0.1, 0.15) is 29.3 Å². The van der Waals surface area contributed by atoms with Crippen LogP contribution < -0.4 is 4.74 Å². The highest BCUT2D eigenvalue weighted by atomic mass is 19.3. The van der Waals surface area contributed by atoms with E-state index < -0.39 is 29.1 Å². The average Bonchev–Trinajstić information content (AvgIpc) is 3.01. The van der Waals surface area contributed by atoms with E-state index in [2.05, 4.69) is 6.92 Å². The fourth-order valence-electron chi connectivity index (χ4n) is 5.00. The largest absolute Gasteiger partial charge is 0.429 e. The van der Waals surface area contributed by atoms with Crippen molar-refractivity contribution < 1.29 is 26.7 Å². The first-order chi connectivity index (χ1) is 21.2. The van der Waals surface area contributed by atoms with E-state index in [0.29, 0.717) is 45.4 Å². The zero-order valence-electron chi connectivity index (χ0n) is 23.9. The molecule has 5 aromatic rings. The first-order valence-electron chi connectivity index (χ1n) is 14.2. The molecule has 5 rings (SSSR count). The van der Waals surface area contributed by atoms with E-state index in [1.807, 2.05) is 0 Å². The standard InChI is InChI=1S/C37H28F5NO/c1-2-3-4-5-24-6-19-33(36(40)20-24)37(41,42)44-31-16-13-26(14-17-31)29-15-18-32(35(39)22-29)27-9-7-25(8-10-27)28-11-12-30(23-43)34(38)21-28/h6-22H,2-5H2,1H3. The Bertz CT molecular complexity index is 1810. The van der Waals surface area contributed by atoms with E-state index in [4.69, 9.17) is 10.00 Å². The summed E-state index contributed by atoms with van der Waals surface area (Å²) in [6.45, 7) is 2.05. The van der Waals surface area contributed by atoms with E-state index in [-0.39, 0.29) is 11.3 Å². The minimum Gasteiger partial charge on any atom is -0.429 e. The fraction of sp³-hybridized carbons (Fsp3) is 0.162. The predicted octanol–water partition coefficient (Wildman–Crippen LogP) is 10.8. The third-order valence-corrected chi connectivity index (χ3v) is 7.44. The van der Waals surface area contributed by atoms with Crippen LogP contribution in [0, 0.1) is 28.8 Å². The molecule has 7 heteroatoms. The van der Waals surface area contributed by atoms with Gasteiger partial charge in [-0.2, -0.15) is 14.0 Å². The lowest BCUT2D eigenvalue weighted by Crippen LogP contribution is -2.23. The number of nitriles is 1. The van der Waals surface area contributed by atoms with Crippen LogP contribution in [0.5, 0.6) is 5.75 Å². The van der Waals surface area contributed by atoms with Gasteiger partial charge in [-0.1, -0.05) is 80.4 Å². The third-order valence-electron chi connectivity index (χ3n) is 7.44. The van der Waals surface area contributed by atoms with Gasteiger partial charge in [0.05, 0.1) is 11.1 Å². The molecule has 0 saturated carbocycles. The molecular weight excluding hydrogens is 569 g/mol. The molecule has 0 N–H and O–H groups in total. The maximum absolute atomic E-state index is 15.2. The molecule has 0 aliphatic heterocycles. The molecular formula is C37H28F5NO. The highest BCUT2D eigenvalue weighted by Crippen LogP contribution is 2.35. The number of halogens is 5. The molecule has 222 valence electrons. The van der Waals surface area contributed by atoms with Crippen LogP contribution in [0.4, 0.5) is 22.0 Å². The van der Waals surface area contributed by atoms with Gasteiger partial charge in [-0.3, -0.25) is 0 Å². The van der Waals surface area contributed by atoms with Crippen LogP contribution in [0.1, 0.15) is 42.9 Å². The molecule has 0 radical (unpaired) electrons. The predicted molar refractivity (Wildman–Crippen MR) is 162 cm³/mol. The summed E-state index contributed by atoms with van der Waals surface area (Å²) in [5.74, 6) is -2.28. The molecule has 0 unspecified atom stereocenters. The Morgan fingerprint density at radius 1 is 0.636 bits per heavy atom. The van der Waals surface area contributed by atoms with Gasteiger partial charge < -0.3 is 4.74 Å². The molecule has 0 atom stereocenters. The molecule has 0 aromatic heterocycles. The van der Waals surface area contributed by atoms with Crippen molar-refractivity contribution in [3.05, 3.63) is 137 Å². The first-order valence-corrected chi connectivity index (χ1v) is 14.2. The van der Waals surface area contributed by atoms with E-state index in [0.717, 1.165) is 31.4 Å². The number of nitrogens with zero attached hydrogens (tertiary/aromatic N) is 1. The van der Waals surface area contributed by atoms with Gasteiger partial charge >= 0.3 is 6.11 Å². The summed E-state index contributed by atoms with van der Waals surface area (Å²) in [5.41, 5.74) is 3.15. The highest BCUT2D eigenvalue weighted by molar-refractivity contribution is 5.74. The van der Waals surface area contributed by atoms with E-state index in [9.17, 15) is 17.6 Å². The molecule has 0 aliphatic carbocycles. The van der Waals surface area contributed by atoms with Gasteiger partial charge in [-0.05, 0) is 88.7 Å².